The summed E-state index contributed by atoms with van der Waals surface area (Å²) in [5, 5.41) is 12.5. The Morgan fingerprint density at radius 2 is 1.88 bits per heavy atom. The van der Waals surface area contributed by atoms with Crippen molar-refractivity contribution in [3.05, 3.63) is 41.1 Å². The van der Waals surface area contributed by atoms with Crippen LogP contribution in [0.2, 0.25) is 0 Å². The van der Waals surface area contributed by atoms with Crippen LogP contribution in [0.1, 0.15) is 16.8 Å². The minimum absolute atomic E-state index is 0. The van der Waals surface area contributed by atoms with Crippen LogP contribution in [0.15, 0.2) is 24.3 Å². The van der Waals surface area contributed by atoms with E-state index in [0.717, 1.165) is 10.2 Å². The first kappa shape index (κ1) is 20.3. The van der Waals surface area contributed by atoms with Crippen molar-refractivity contribution in [1.82, 2.24) is 9.78 Å². The highest BCUT2D eigenvalue weighted by Gasteiger charge is 2.39. The number of ether oxygens (including phenoxy) is 1. The molecule has 9 heteroatoms. The van der Waals surface area contributed by atoms with E-state index >= 15 is 0 Å². The van der Waals surface area contributed by atoms with E-state index in [1.165, 1.54) is 7.05 Å². The first-order valence-electron chi connectivity index (χ1n) is 6.96. The maximum atomic E-state index is 13.2. The van der Waals surface area contributed by atoms with Crippen molar-refractivity contribution in [2.45, 2.75) is 25.6 Å². The molecule has 1 aromatic heterocycles. The molecule has 24 heavy (non-hydrogen) atoms. The van der Waals surface area contributed by atoms with Gasteiger partial charge in [0.15, 0.2) is 5.69 Å². The van der Waals surface area contributed by atoms with E-state index < -0.39 is 24.5 Å². The number of aliphatic hydroxyl groups is 1. The van der Waals surface area contributed by atoms with Gasteiger partial charge in [-0.05, 0) is 25.5 Å². The number of nitrogens with zero attached hydrogens (tertiary/aromatic N) is 2. The van der Waals surface area contributed by atoms with Gasteiger partial charge in [-0.25, -0.2) is 4.68 Å². The molecule has 0 aliphatic rings. The van der Waals surface area contributed by atoms with Crippen molar-refractivity contribution in [2.75, 3.05) is 6.61 Å². The average molecular weight is 366 g/mol. The fraction of sp³-hybridized carbons (Fsp3) is 0.400. The van der Waals surface area contributed by atoms with Crippen LogP contribution in [0.3, 0.4) is 0 Å². The van der Waals surface area contributed by atoms with E-state index in [-0.39, 0.29) is 30.3 Å². The number of rotatable bonds is 5. The number of aliphatic hydroxyl groups excluding tert-OH is 1. The van der Waals surface area contributed by atoms with Gasteiger partial charge in [-0.2, -0.15) is 18.3 Å². The molecular weight excluding hydrogens is 347 g/mol. The molecule has 2 aromatic rings. The van der Waals surface area contributed by atoms with Crippen molar-refractivity contribution in [2.24, 2.45) is 12.8 Å². The van der Waals surface area contributed by atoms with Crippen molar-refractivity contribution in [3.8, 4) is 11.6 Å². The topological polar surface area (TPSA) is 73.3 Å². The van der Waals surface area contributed by atoms with Gasteiger partial charge in [0.25, 0.3) is 0 Å². The number of hydrogen-bond acceptors (Lipinski definition) is 4. The Kier molecular flexibility index (Phi) is 6.65. The van der Waals surface area contributed by atoms with E-state index in [0.29, 0.717) is 5.75 Å². The highest BCUT2D eigenvalue weighted by molar-refractivity contribution is 5.85. The van der Waals surface area contributed by atoms with Crippen LogP contribution in [0.5, 0.6) is 11.6 Å². The van der Waals surface area contributed by atoms with Gasteiger partial charge in [0.05, 0.1) is 6.61 Å². The SMILES string of the molecule is Cc1ccc(Oc2c(CC(N)CO)c(C(F)(F)F)nn2C)cc1.Cl. The molecule has 2 rings (SSSR count). The molecule has 5 nitrogen and oxygen atoms in total. The van der Waals surface area contributed by atoms with Crippen LogP contribution in [-0.4, -0.2) is 27.5 Å². The van der Waals surface area contributed by atoms with E-state index in [1.807, 2.05) is 6.92 Å². The molecule has 3 N–H and O–H groups in total. The zero-order valence-electron chi connectivity index (χ0n) is 13.2. The maximum Gasteiger partial charge on any atom is 0.435 e. The van der Waals surface area contributed by atoms with Crippen LogP contribution in [0.25, 0.3) is 0 Å². The molecule has 1 unspecified atom stereocenters. The second-order valence-corrected chi connectivity index (χ2v) is 5.32. The van der Waals surface area contributed by atoms with Gasteiger partial charge < -0.3 is 15.6 Å². The predicted octanol–water partition coefficient (Wildman–Crippen LogP) is 2.82. The zero-order chi connectivity index (χ0) is 17.2. The molecule has 0 aliphatic carbocycles. The van der Waals surface area contributed by atoms with E-state index in [4.69, 9.17) is 15.6 Å². The first-order chi connectivity index (χ1) is 10.7. The third-order valence-electron chi connectivity index (χ3n) is 3.29. The quantitative estimate of drug-likeness (QED) is 0.854. The van der Waals surface area contributed by atoms with Crippen LogP contribution in [0, 0.1) is 6.92 Å². The van der Waals surface area contributed by atoms with Gasteiger partial charge in [0.2, 0.25) is 5.88 Å². The van der Waals surface area contributed by atoms with Crippen molar-refractivity contribution >= 4 is 12.4 Å². The summed E-state index contributed by atoms with van der Waals surface area (Å²) in [6.45, 7) is 1.46. The highest BCUT2D eigenvalue weighted by Crippen LogP contribution is 2.37. The Hall–Kier alpha value is -1.77. The molecular formula is C15H19ClF3N3O2. The zero-order valence-corrected chi connectivity index (χ0v) is 14.0. The lowest BCUT2D eigenvalue weighted by Crippen LogP contribution is -2.28. The Morgan fingerprint density at radius 1 is 1.29 bits per heavy atom. The molecule has 0 aliphatic heterocycles. The lowest BCUT2D eigenvalue weighted by Gasteiger charge is -2.13. The van der Waals surface area contributed by atoms with Gasteiger partial charge in [-0.3, -0.25) is 0 Å². The molecule has 134 valence electrons. The minimum Gasteiger partial charge on any atom is -0.439 e. The van der Waals surface area contributed by atoms with Crippen LogP contribution in [0.4, 0.5) is 13.2 Å². The van der Waals surface area contributed by atoms with Gasteiger partial charge >= 0.3 is 6.18 Å². The molecule has 0 bridgehead atoms. The highest BCUT2D eigenvalue weighted by atomic mass is 35.5. The molecule has 1 atom stereocenters. The summed E-state index contributed by atoms with van der Waals surface area (Å²) >= 11 is 0. The van der Waals surface area contributed by atoms with Crippen molar-refractivity contribution in [3.63, 3.8) is 0 Å². The number of aromatic nitrogens is 2. The molecule has 0 saturated heterocycles. The smallest absolute Gasteiger partial charge is 0.435 e. The van der Waals surface area contributed by atoms with Crippen LogP contribution >= 0.6 is 12.4 Å². The summed E-state index contributed by atoms with van der Waals surface area (Å²) in [6, 6.07) is 6.06. The van der Waals surface area contributed by atoms with Crippen LogP contribution in [-0.2, 0) is 19.6 Å². The Labute approximate surface area is 143 Å². The Bertz CT molecular complexity index is 672. The molecule has 0 saturated carbocycles. The van der Waals surface area contributed by atoms with E-state index in [2.05, 4.69) is 5.10 Å². The summed E-state index contributed by atoms with van der Waals surface area (Å²) in [6.07, 6.45) is -4.82. The fourth-order valence-corrected chi connectivity index (χ4v) is 2.14. The molecule has 1 heterocycles. The summed E-state index contributed by atoms with van der Waals surface area (Å²) < 4.78 is 46.1. The molecule has 1 aromatic carbocycles. The lowest BCUT2D eigenvalue weighted by atomic mass is 10.1. The number of nitrogens with two attached hydrogens (primary N) is 1. The summed E-state index contributed by atoms with van der Waals surface area (Å²) in [5.74, 6) is 0.358. The first-order valence-corrected chi connectivity index (χ1v) is 6.96. The van der Waals surface area contributed by atoms with Crippen molar-refractivity contribution in [1.29, 1.82) is 0 Å². The minimum atomic E-state index is -4.63. The van der Waals surface area contributed by atoms with Gasteiger partial charge in [0.1, 0.15) is 5.75 Å². The number of benzene rings is 1. The summed E-state index contributed by atoms with van der Waals surface area (Å²) in [5.41, 5.74) is 5.38. The normalized spacial score (nSPS) is 12.6. The number of halogens is 4. The number of hydrogen-bond donors (Lipinski definition) is 2. The van der Waals surface area contributed by atoms with Gasteiger partial charge in [0, 0.05) is 18.7 Å². The Balaban J connectivity index is 0.00000288. The van der Waals surface area contributed by atoms with E-state index in [1.54, 1.807) is 24.3 Å². The molecule has 0 spiro atoms. The Morgan fingerprint density at radius 3 is 2.38 bits per heavy atom. The third kappa shape index (κ3) is 4.62. The largest absolute Gasteiger partial charge is 0.439 e. The monoisotopic (exact) mass is 365 g/mol. The van der Waals surface area contributed by atoms with Gasteiger partial charge in [-0.15, -0.1) is 12.4 Å². The van der Waals surface area contributed by atoms with Crippen molar-refractivity contribution < 1.29 is 23.0 Å². The second kappa shape index (κ2) is 7.87. The van der Waals surface area contributed by atoms with Gasteiger partial charge in [-0.1, -0.05) is 17.7 Å². The lowest BCUT2D eigenvalue weighted by molar-refractivity contribution is -0.142. The predicted molar refractivity (Wildman–Crippen MR) is 85.5 cm³/mol. The number of alkyl halides is 3. The molecule has 0 fully saturated rings. The molecule has 0 amide bonds. The second-order valence-electron chi connectivity index (χ2n) is 5.32. The number of aryl methyl sites for hydroxylation is 2. The molecule has 0 radical (unpaired) electrons. The average Bonchev–Trinajstić information content (AvgIpc) is 2.78. The third-order valence-corrected chi connectivity index (χ3v) is 3.29. The maximum absolute atomic E-state index is 13.2. The van der Waals surface area contributed by atoms with Crippen LogP contribution < -0.4 is 10.5 Å². The fourth-order valence-electron chi connectivity index (χ4n) is 2.14. The van der Waals surface area contributed by atoms with E-state index in [9.17, 15) is 13.2 Å². The summed E-state index contributed by atoms with van der Waals surface area (Å²) in [7, 11) is 1.37. The standard InChI is InChI=1S/C15H18F3N3O2.ClH/c1-9-3-5-11(6-4-9)23-14-12(7-10(19)8-22)13(15(16,17)18)20-21(14)2;/h3-6,10,22H,7-8,19H2,1-2H3;1H. The summed E-state index contributed by atoms with van der Waals surface area (Å²) in [4.78, 5) is 0.